The van der Waals surface area contributed by atoms with Crippen LogP contribution in [0.2, 0.25) is 5.02 Å². The summed E-state index contributed by atoms with van der Waals surface area (Å²) >= 11 is 6.29. The van der Waals surface area contributed by atoms with Crippen molar-refractivity contribution in [3.05, 3.63) is 40.5 Å². The van der Waals surface area contributed by atoms with Crippen molar-refractivity contribution in [2.75, 3.05) is 17.2 Å². The van der Waals surface area contributed by atoms with Crippen molar-refractivity contribution in [1.82, 2.24) is 9.97 Å². The number of hydrogen-bond donors (Lipinski definition) is 3. The first-order chi connectivity index (χ1) is 11.1. The summed E-state index contributed by atoms with van der Waals surface area (Å²) in [6.45, 7) is 3.92. The fourth-order valence-electron chi connectivity index (χ4n) is 2.37. The van der Waals surface area contributed by atoms with Crippen molar-refractivity contribution in [2.24, 2.45) is 0 Å². The van der Waals surface area contributed by atoms with Crippen LogP contribution >= 0.6 is 11.6 Å². The van der Waals surface area contributed by atoms with Gasteiger partial charge in [0.15, 0.2) is 0 Å². The number of halogens is 1. The van der Waals surface area contributed by atoms with Crippen LogP contribution in [0.1, 0.15) is 36.9 Å². The van der Waals surface area contributed by atoms with Gasteiger partial charge in [0.05, 0.1) is 23.0 Å². The van der Waals surface area contributed by atoms with E-state index in [0.717, 1.165) is 29.8 Å². The monoisotopic (exact) mass is 332 g/mol. The van der Waals surface area contributed by atoms with Crippen LogP contribution in [0.25, 0.3) is 0 Å². The Labute approximate surface area is 141 Å². The second kappa shape index (κ2) is 6.72. The van der Waals surface area contributed by atoms with E-state index in [4.69, 9.17) is 11.6 Å². The summed E-state index contributed by atoms with van der Waals surface area (Å²) in [5.41, 5.74) is 2.94. The van der Waals surface area contributed by atoms with Crippen LogP contribution < -0.4 is 10.6 Å². The van der Waals surface area contributed by atoms with Crippen LogP contribution in [0.4, 0.5) is 17.5 Å². The number of anilines is 3. The zero-order valence-corrected chi connectivity index (χ0v) is 14.1. The fourth-order valence-corrected chi connectivity index (χ4v) is 2.64. The van der Waals surface area contributed by atoms with Gasteiger partial charge in [-0.05, 0) is 38.3 Å². The average Bonchev–Trinajstić information content (AvgIpc) is 3.35. The lowest BCUT2D eigenvalue weighted by Gasteiger charge is -2.15. The number of aromatic nitrogens is 2. The molecule has 122 valence electrons. The van der Waals surface area contributed by atoms with E-state index in [0.29, 0.717) is 22.7 Å². The maximum atomic E-state index is 9.21. The molecule has 0 bridgehead atoms. The van der Waals surface area contributed by atoms with Gasteiger partial charge in [0, 0.05) is 18.0 Å². The van der Waals surface area contributed by atoms with Gasteiger partial charge in [-0.1, -0.05) is 23.7 Å². The number of para-hydroxylation sites is 1. The Balaban J connectivity index is 1.91. The van der Waals surface area contributed by atoms with E-state index in [1.54, 1.807) is 0 Å². The van der Waals surface area contributed by atoms with Gasteiger partial charge in [-0.2, -0.15) is 4.98 Å². The van der Waals surface area contributed by atoms with Crippen molar-refractivity contribution in [2.45, 2.75) is 38.6 Å². The van der Waals surface area contributed by atoms with Crippen molar-refractivity contribution >= 4 is 29.1 Å². The number of aryl methyl sites for hydroxylation is 1. The molecule has 23 heavy (non-hydrogen) atoms. The first-order valence-electron chi connectivity index (χ1n) is 7.85. The van der Waals surface area contributed by atoms with Crippen molar-refractivity contribution in [3.8, 4) is 0 Å². The van der Waals surface area contributed by atoms with Gasteiger partial charge < -0.3 is 15.7 Å². The molecule has 1 fully saturated rings. The Kier molecular flexibility index (Phi) is 4.68. The molecule has 6 heteroatoms. The van der Waals surface area contributed by atoms with Crippen molar-refractivity contribution < 1.29 is 5.11 Å². The molecule has 0 spiro atoms. The molecule has 5 nitrogen and oxygen atoms in total. The van der Waals surface area contributed by atoms with Gasteiger partial charge in [0.2, 0.25) is 5.95 Å². The Bertz CT molecular complexity index is 683. The number of nitrogens with zero attached hydrogens (tertiary/aromatic N) is 2. The predicted octanol–water partition coefficient (Wildman–Crippen LogP) is 3.85. The highest BCUT2D eigenvalue weighted by Crippen LogP contribution is 2.40. The van der Waals surface area contributed by atoms with Gasteiger partial charge in [-0.3, -0.25) is 0 Å². The molecule has 1 aliphatic rings. The van der Waals surface area contributed by atoms with Gasteiger partial charge in [-0.25, -0.2) is 4.98 Å². The molecule has 1 aliphatic carbocycles. The molecule has 3 rings (SSSR count). The number of nitrogens with one attached hydrogen (secondary N) is 2. The van der Waals surface area contributed by atoms with E-state index >= 15 is 0 Å². The smallest absolute Gasteiger partial charge is 0.225 e. The van der Waals surface area contributed by atoms with Gasteiger partial charge in [0.25, 0.3) is 0 Å². The summed E-state index contributed by atoms with van der Waals surface area (Å²) < 4.78 is 0. The quantitative estimate of drug-likeness (QED) is 0.749. The third-order valence-corrected chi connectivity index (χ3v) is 4.18. The molecular formula is C17H21ClN4O. The second-order valence-corrected chi connectivity index (χ2v) is 6.47. The average molecular weight is 333 g/mol. The molecule has 0 unspecified atom stereocenters. The Morgan fingerprint density at radius 1 is 1.35 bits per heavy atom. The topological polar surface area (TPSA) is 70.1 Å². The first kappa shape index (κ1) is 16.0. The number of hydrogen-bond acceptors (Lipinski definition) is 5. The van der Waals surface area contributed by atoms with Crippen LogP contribution in [0, 0.1) is 6.92 Å². The van der Waals surface area contributed by atoms with Crippen LogP contribution in [0.3, 0.4) is 0 Å². The van der Waals surface area contributed by atoms with E-state index in [9.17, 15) is 5.11 Å². The molecule has 0 saturated heterocycles. The standard InChI is InChI=1S/C17H21ClN4O/c1-10-4-3-5-13(18)16(10)21-15-8-14(12-6-7-12)20-17(22-15)19-11(2)9-23/h3-5,8,11-12,23H,6-7,9H2,1-2H3,(H2,19,20,21,22)/t11-/m0/s1. The SMILES string of the molecule is Cc1cccc(Cl)c1Nc1cc(C2CC2)nc(N[C@@H](C)CO)n1. The molecule has 1 saturated carbocycles. The fraction of sp³-hybridized carbons (Fsp3) is 0.412. The van der Waals surface area contributed by atoms with E-state index in [1.807, 2.05) is 38.1 Å². The number of benzene rings is 1. The van der Waals surface area contributed by atoms with Crippen molar-refractivity contribution in [1.29, 1.82) is 0 Å². The summed E-state index contributed by atoms with van der Waals surface area (Å²) in [4.78, 5) is 9.07. The van der Waals surface area contributed by atoms with E-state index in [1.165, 1.54) is 0 Å². The molecule has 0 aliphatic heterocycles. The summed E-state index contributed by atoms with van der Waals surface area (Å²) in [6, 6.07) is 7.67. The number of aliphatic hydroxyl groups excluding tert-OH is 1. The van der Waals surface area contributed by atoms with Gasteiger partial charge >= 0.3 is 0 Å². The highest BCUT2D eigenvalue weighted by molar-refractivity contribution is 6.33. The lowest BCUT2D eigenvalue weighted by atomic mass is 10.2. The predicted molar refractivity (Wildman–Crippen MR) is 93.6 cm³/mol. The Morgan fingerprint density at radius 2 is 2.13 bits per heavy atom. The van der Waals surface area contributed by atoms with Crippen molar-refractivity contribution in [3.63, 3.8) is 0 Å². The summed E-state index contributed by atoms with van der Waals surface area (Å²) in [6.07, 6.45) is 2.33. The maximum absolute atomic E-state index is 9.21. The second-order valence-electron chi connectivity index (χ2n) is 6.06. The highest BCUT2D eigenvalue weighted by atomic mass is 35.5. The molecule has 0 amide bonds. The van der Waals surface area contributed by atoms with Crippen LogP contribution in [0.15, 0.2) is 24.3 Å². The lowest BCUT2D eigenvalue weighted by Crippen LogP contribution is -2.21. The largest absolute Gasteiger partial charge is 0.394 e. The number of rotatable bonds is 6. The molecule has 2 aromatic rings. The molecule has 0 radical (unpaired) electrons. The summed E-state index contributed by atoms with van der Waals surface area (Å²) in [5.74, 6) is 1.75. The lowest BCUT2D eigenvalue weighted by molar-refractivity contribution is 0.281. The Morgan fingerprint density at radius 3 is 2.78 bits per heavy atom. The first-order valence-corrected chi connectivity index (χ1v) is 8.23. The molecular weight excluding hydrogens is 312 g/mol. The Hall–Kier alpha value is -1.85. The molecule has 1 aromatic heterocycles. The highest BCUT2D eigenvalue weighted by Gasteiger charge is 2.26. The molecule has 3 N–H and O–H groups in total. The van der Waals surface area contributed by atoms with Crippen LogP contribution in [-0.2, 0) is 0 Å². The normalized spacial score (nSPS) is 15.3. The number of aliphatic hydroxyl groups is 1. The summed E-state index contributed by atoms with van der Waals surface area (Å²) in [7, 11) is 0. The zero-order chi connectivity index (χ0) is 16.4. The van der Waals surface area contributed by atoms with Gasteiger partial charge in [-0.15, -0.1) is 0 Å². The van der Waals surface area contributed by atoms with Crippen LogP contribution in [0.5, 0.6) is 0 Å². The molecule has 1 heterocycles. The molecule has 1 atom stereocenters. The van der Waals surface area contributed by atoms with E-state index < -0.39 is 0 Å². The van der Waals surface area contributed by atoms with Gasteiger partial charge in [0.1, 0.15) is 5.82 Å². The zero-order valence-electron chi connectivity index (χ0n) is 13.3. The van der Waals surface area contributed by atoms with Crippen LogP contribution in [-0.4, -0.2) is 27.7 Å². The third kappa shape index (κ3) is 3.92. The third-order valence-electron chi connectivity index (χ3n) is 3.87. The van der Waals surface area contributed by atoms with E-state index in [-0.39, 0.29) is 12.6 Å². The molecule has 1 aromatic carbocycles. The van der Waals surface area contributed by atoms with E-state index in [2.05, 4.69) is 20.6 Å². The minimum Gasteiger partial charge on any atom is -0.394 e. The maximum Gasteiger partial charge on any atom is 0.225 e. The summed E-state index contributed by atoms with van der Waals surface area (Å²) in [5, 5.41) is 16.3. The minimum absolute atomic E-state index is 0.0312. The minimum atomic E-state index is -0.0978.